The van der Waals surface area contributed by atoms with Crippen molar-refractivity contribution in [3.8, 4) is 0 Å². The van der Waals surface area contributed by atoms with Crippen LogP contribution in [0.4, 0.5) is 5.69 Å². The minimum atomic E-state index is -0.572. The summed E-state index contributed by atoms with van der Waals surface area (Å²) in [6.45, 7) is 3.55. The average Bonchev–Trinajstić information content (AvgIpc) is 2.47. The van der Waals surface area contributed by atoms with Crippen molar-refractivity contribution in [2.75, 3.05) is 12.3 Å². The van der Waals surface area contributed by atoms with Crippen molar-refractivity contribution in [1.29, 1.82) is 0 Å². The van der Waals surface area contributed by atoms with Gasteiger partial charge in [-0.05, 0) is 0 Å². The fraction of sp³-hybridized carbons (Fsp3) is 0.125. The smallest absolute Gasteiger partial charge is 0.376 e. The van der Waals surface area contributed by atoms with Crippen molar-refractivity contribution in [3.05, 3.63) is 30.7 Å². The van der Waals surface area contributed by atoms with Crippen LogP contribution in [0.2, 0.25) is 0 Å². The van der Waals surface area contributed by atoms with Crippen LogP contribution in [0.25, 0.3) is 0 Å². The molecule has 1 aromatic rings. The monoisotopic (exact) mass is 167 g/mol. The van der Waals surface area contributed by atoms with Crippen LogP contribution in [-0.2, 0) is 4.74 Å². The highest BCUT2D eigenvalue weighted by molar-refractivity contribution is 5.91. The second-order valence-electron chi connectivity index (χ2n) is 2.09. The number of carbonyl (C=O) groups excluding carboxylic acids is 1. The fourth-order valence-corrected chi connectivity index (χ4v) is 0.685. The first-order valence-electron chi connectivity index (χ1n) is 3.36. The molecule has 0 atom stereocenters. The van der Waals surface area contributed by atoms with Gasteiger partial charge in [-0.15, -0.1) is 0 Å². The van der Waals surface area contributed by atoms with Crippen LogP contribution < -0.4 is 5.73 Å². The number of hydrogen-bond donors (Lipinski definition) is 1. The zero-order valence-corrected chi connectivity index (χ0v) is 6.45. The first-order chi connectivity index (χ1) is 5.75. The maximum atomic E-state index is 11.0. The summed E-state index contributed by atoms with van der Waals surface area (Å²) in [4.78, 5) is 11.0. The van der Waals surface area contributed by atoms with Gasteiger partial charge in [0, 0.05) is 6.07 Å². The van der Waals surface area contributed by atoms with E-state index in [9.17, 15) is 4.79 Å². The SMILES string of the molecule is C=CCOC(=O)c1occc1N. The molecule has 0 saturated carbocycles. The van der Waals surface area contributed by atoms with Gasteiger partial charge < -0.3 is 14.9 Å². The topological polar surface area (TPSA) is 65.5 Å². The van der Waals surface area contributed by atoms with Crippen LogP contribution in [0, 0.1) is 0 Å². The molecular formula is C8H9NO3. The Bertz CT molecular complexity index is 290. The molecule has 0 aliphatic rings. The number of ether oxygens (including phenoxy) is 1. The Balaban J connectivity index is 2.65. The first-order valence-corrected chi connectivity index (χ1v) is 3.36. The van der Waals surface area contributed by atoms with Gasteiger partial charge in [-0.2, -0.15) is 0 Å². The van der Waals surface area contributed by atoms with Crippen LogP contribution in [0.15, 0.2) is 29.4 Å². The van der Waals surface area contributed by atoms with Gasteiger partial charge in [-0.1, -0.05) is 12.7 Å². The van der Waals surface area contributed by atoms with E-state index in [1.54, 1.807) is 0 Å². The number of nitrogens with two attached hydrogens (primary N) is 1. The molecule has 4 nitrogen and oxygen atoms in total. The Morgan fingerprint density at radius 2 is 2.58 bits per heavy atom. The minimum Gasteiger partial charge on any atom is -0.456 e. The van der Waals surface area contributed by atoms with Crippen molar-refractivity contribution < 1.29 is 13.9 Å². The Labute approximate surface area is 69.6 Å². The van der Waals surface area contributed by atoms with Crippen molar-refractivity contribution in [3.63, 3.8) is 0 Å². The summed E-state index contributed by atoms with van der Waals surface area (Å²) in [5.41, 5.74) is 5.67. The molecular weight excluding hydrogens is 158 g/mol. The molecule has 12 heavy (non-hydrogen) atoms. The summed E-state index contributed by atoms with van der Waals surface area (Å²) in [6, 6.07) is 1.49. The van der Waals surface area contributed by atoms with E-state index < -0.39 is 5.97 Å². The molecule has 0 unspecified atom stereocenters. The van der Waals surface area contributed by atoms with Gasteiger partial charge in [-0.25, -0.2) is 4.79 Å². The zero-order valence-electron chi connectivity index (χ0n) is 6.45. The zero-order chi connectivity index (χ0) is 8.97. The lowest BCUT2D eigenvalue weighted by atomic mass is 10.4. The predicted molar refractivity (Wildman–Crippen MR) is 43.6 cm³/mol. The van der Waals surface area contributed by atoms with Crippen molar-refractivity contribution >= 4 is 11.7 Å². The van der Waals surface area contributed by atoms with Gasteiger partial charge in [-0.3, -0.25) is 0 Å². The second-order valence-corrected chi connectivity index (χ2v) is 2.09. The molecule has 0 saturated heterocycles. The Kier molecular flexibility index (Phi) is 2.53. The molecule has 1 heterocycles. The van der Waals surface area contributed by atoms with Crippen LogP contribution in [0.5, 0.6) is 0 Å². The van der Waals surface area contributed by atoms with Crippen LogP contribution in [0.3, 0.4) is 0 Å². The Hall–Kier alpha value is -1.71. The highest BCUT2D eigenvalue weighted by Gasteiger charge is 2.13. The molecule has 0 bridgehead atoms. The predicted octanol–water partition coefficient (Wildman–Crippen LogP) is 1.20. The summed E-state index contributed by atoms with van der Waals surface area (Å²) in [7, 11) is 0. The lowest BCUT2D eigenvalue weighted by Crippen LogP contribution is -2.05. The Morgan fingerprint density at radius 1 is 1.83 bits per heavy atom. The van der Waals surface area contributed by atoms with E-state index in [2.05, 4.69) is 11.3 Å². The van der Waals surface area contributed by atoms with E-state index in [1.165, 1.54) is 18.4 Å². The number of hydrogen-bond acceptors (Lipinski definition) is 4. The summed E-state index contributed by atoms with van der Waals surface area (Å²) in [6.07, 6.45) is 2.80. The maximum absolute atomic E-state index is 11.0. The normalized spacial score (nSPS) is 9.33. The number of rotatable bonds is 3. The molecule has 0 aliphatic carbocycles. The van der Waals surface area contributed by atoms with Gasteiger partial charge in [0.05, 0.1) is 12.0 Å². The van der Waals surface area contributed by atoms with E-state index in [0.717, 1.165) is 0 Å². The molecule has 2 N–H and O–H groups in total. The third-order valence-corrected chi connectivity index (χ3v) is 1.21. The summed E-state index contributed by atoms with van der Waals surface area (Å²) in [5.74, 6) is -0.533. The second kappa shape index (κ2) is 3.61. The number of esters is 1. The van der Waals surface area contributed by atoms with E-state index in [1.807, 2.05) is 0 Å². The third kappa shape index (κ3) is 1.66. The van der Waals surface area contributed by atoms with E-state index in [-0.39, 0.29) is 18.1 Å². The molecule has 0 aliphatic heterocycles. The largest absolute Gasteiger partial charge is 0.456 e. The third-order valence-electron chi connectivity index (χ3n) is 1.21. The quantitative estimate of drug-likeness (QED) is 0.542. The number of carbonyl (C=O) groups is 1. The van der Waals surface area contributed by atoms with Gasteiger partial charge in [0.1, 0.15) is 6.61 Å². The molecule has 1 rings (SSSR count). The van der Waals surface area contributed by atoms with E-state index in [4.69, 9.17) is 10.2 Å². The highest BCUT2D eigenvalue weighted by atomic mass is 16.5. The summed E-state index contributed by atoms with van der Waals surface area (Å²) in [5, 5.41) is 0. The van der Waals surface area contributed by atoms with Crippen LogP contribution in [0.1, 0.15) is 10.6 Å². The number of nitrogen functional groups attached to an aromatic ring is 1. The van der Waals surface area contributed by atoms with E-state index in [0.29, 0.717) is 0 Å². The van der Waals surface area contributed by atoms with Crippen molar-refractivity contribution in [1.82, 2.24) is 0 Å². The summed E-state index contributed by atoms with van der Waals surface area (Å²) < 4.78 is 9.47. The molecule has 64 valence electrons. The standard InChI is InChI=1S/C8H9NO3/c1-2-4-12-8(10)7-6(9)3-5-11-7/h2-3,5H,1,4,9H2. The first kappa shape index (κ1) is 8.39. The molecule has 0 amide bonds. The molecule has 0 fully saturated rings. The van der Waals surface area contributed by atoms with Crippen LogP contribution in [-0.4, -0.2) is 12.6 Å². The van der Waals surface area contributed by atoms with Gasteiger partial charge in [0.15, 0.2) is 0 Å². The van der Waals surface area contributed by atoms with Crippen molar-refractivity contribution in [2.45, 2.75) is 0 Å². The highest BCUT2D eigenvalue weighted by Crippen LogP contribution is 2.13. The molecule has 0 radical (unpaired) electrons. The molecule has 4 heteroatoms. The van der Waals surface area contributed by atoms with E-state index >= 15 is 0 Å². The minimum absolute atomic E-state index is 0.0388. The average molecular weight is 167 g/mol. The van der Waals surface area contributed by atoms with Crippen LogP contribution >= 0.6 is 0 Å². The molecule has 0 aromatic carbocycles. The van der Waals surface area contributed by atoms with Gasteiger partial charge in [0.25, 0.3) is 0 Å². The summed E-state index contributed by atoms with van der Waals surface area (Å²) >= 11 is 0. The molecule has 1 aromatic heterocycles. The maximum Gasteiger partial charge on any atom is 0.376 e. The number of furan rings is 1. The fourth-order valence-electron chi connectivity index (χ4n) is 0.685. The lowest BCUT2D eigenvalue weighted by Gasteiger charge is -1.98. The number of anilines is 1. The van der Waals surface area contributed by atoms with Gasteiger partial charge >= 0.3 is 5.97 Å². The lowest BCUT2D eigenvalue weighted by molar-refractivity contribution is 0.0515. The molecule has 0 spiro atoms. The Morgan fingerprint density at radius 3 is 3.08 bits per heavy atom. The van der Waals surface area contributed by atoms with Crippen molar-refractivity contribution in [2.24, 2.45) is 0 Å². The van der Waals surface area contributed by atoms with Gasteiger partial charge in [0.2, 0.25) is 5.76 Å².